The van der Waals surface area contributed by atoms with Gasteiger partial charge in [-0.25, -0.2) is 9.50 Å². The summed E-state index contributed by atoms with van der Waals surface area (Å²) in [5, 5.41) is 7.82. The maximum atomic E-state index is 5.36. The Morgan fingerprint density at radius 3 is 3.00 bits per heavy atom. The fraction of sp³-hybridized carbons (Fsp3) is 0.600. The van der Waals surface area contributed by atoms with Crippen LogP contribution in [0.3, 0.4) is 0 Å². The number of rotatable bonds is 6. The summed E-state index contributed by atoms with van der Waals surface area (Å²) in [5.41, 5.74) is 2.06. The molecule has 1 aliphatic rings. The van der Waals surface area contributed by atoms with Gasteiger partial charge in [-0.15, -0.1) is 0 Å². The van der Waals surface area contributed by atoms with Gasteiger partial charge in [0, 0.05) is 32.0 Å². The van der Waals surface area contributed by atoms with Gasteiger partial charge >= 0.3 is 0 Å². The fourth-order valence-electron chi connectivity index (χ4n) is 2.67. The molecule has 21 heavy (non-hydrogen) atoms. The van der Waals surface area contributed by atoms with Crippen molar-refractivity contribution in [1.82, 2.24) is 19.5 Å². The van der Waals surface area contributed by atoms with Crippen LogP contribution in [0.2, 0.25) is 0 Å². The maximum absolute atomic E-state index is 5.36. The number of fused-ring (bicyclic) bond motifs is 1. The SMILES string of the molecule is Cc1cc2c(NCCCCN3CCOCC3)nccn2n1. The van der Waals surface area contributed by atoms with Crippen LogP contribution in [0.4, 0.5) is 5.82 Å². The molecule has 6 nitrogen and oxygen atoms in total. The lowest BCUT2D eigenvalue weighted by Gasteiger charge is -2.26. The molecule has 2 aromatic heterocycles. The first kappa shape index (κ1) is 14.3. The summed E-state index contributed by atoms with van der Waals surface area (Å²) >= 11 is 0. The van der Waals surface area contributed by atoms with Gasteiger partial charge in [0.2, 0.25) is 0 Å². The molecule has 0 amide bonds. The number of ether oxygens (including phenoxy) is 1. The van der Waals surface area contributed by atoms with Crippen LogP contribution >= 0.6 is 0 Å². The van der Waals surface area contributed by atoms with E-state index < -0.39 is 0 Å². The second-order valence-corrected chi connectivity index (χ2v) is 5.48. The van der Waals surface area contributed by atoms with E-state index in [2.05, 4.69) is 26.4 Å². The molecule has 1 fully saturated rings. The number of anilines is 1. The van der Waals surface area contributed by atoms with E-state index in [9.17, 15) is 0 Å². The molecule has 2 aromatic rings. The van der Waals surface area contributed by atoms with Gasteiger partial charge in [-0.1, -0.05) is 0 Å². The van der Waals surface area contributed by atoms with E-state index in [0.717, 1.165) is 62.8 Å². The van der Waals surface area contributed by atoms with Gasteiger partial charge < -0.3 is 10.1 Å². The average Bonchev–Trinajstić information content (AvgIpc) is 2.89. The van der Waals surface area contributed by atoms with Crippen LogP contribution in [0, 0.1) is 6.92 Å². The molecular formula is C15H23N5O. The molecule has 3 rings (SSSR count). The smallest absolute Gasteiger partial charge is 0.152 e. The van der Waals surface area contributed by atoms with Crippen molar-refractivity contribution < 1.29 is 4.74 Å². The number of hydrogen-bond donors (Lipinski definition) is 1. The molecule has 114 valence electrons. The zero-order chi connectivity index (χ0) is 14.5. The highest BCUT2D eigenvalue weighted by molar-refractivity contribution is 5.67. The van der Waals surface area contributed by atoms with Crippen LogP contribution < -0.4 is 5.32 Å². The predicted molar refractivity (Wildman–Crippen MR) is 82.7 cm³/mol. The second kappa shape index (κ2) is 6.87. The number of aryl methyl sites for hydroxylation is 1. The number of morpholine rings is 1. The van der Waals surface area contributed by atoms with Gasteiger partial charge in [-0.3, -0.25) is 4.90 Å². The molecule has 0 atom stereocenters. The average molecular weight is 289 g/mol. The van der Waals surface area contributed by atoms with E-state index in [0.29, 0.717) is 0 Å². The number of hydrogen-bond acceptors (Lipinski definition) is 5. The molecular weight excluding hydrogens is 266 g/mol. The Balaban J connectivity index is 1.44. The predicted octanol–water partition coefficient (Wildman–Crippen LogP) is 1.56. The van der Waals surface area contributed by atoms with Crippen molar-refractivity contribution in [3.05, 3.63) is 24.2 Å². The minimum Gasteiger partial charge on any atom is -0.379 e. The molecule has 1 aliphatic heterocycles. The van der Waals surface area contributed by atoms with Crippen LogP contribution in [0.15, 0.2) is 18.5 Å². The van der Waals surface area contributed by atoms with Gasteiger partial charge in [-0.05, 0) is 32.4 Å². The molecule has 0 bridgehead atoms. The molecule has 1 saturated heterocycles. The van der Waals surface area contributed by atoms with Gasteiger partial charge in [0.05, 0.1) is 18.9 Å². The first-order valence-corrected chi connectivity index (χ1v) is 7.68. The highest BCUT2D eigenvalue weighted by atomic mass is 16.5. The number of unbranched alkanes of at least 4 members (excludes halogenated alkanes) is 1. The Hall–Kier alpha value is -1.66. The number of nitrogens with one attached hydrogen (secondary N) is 1. The molecule has 1 N–H and O–H groups in total. The quantitative estimate of drug-likeness (QED) is 0.818. The molecule has 3 heterocycles. The lowest BCUT2D eigenvalue weighted by Crippen LogP contribution is -2.36. The van der Waals surface area contributed by atoms with Crippen LogP contribution in [0.25, 0.3) is 5.52 Å². The van der Waals surface area contributed by atoms with Crippen LogP contribution in [-0.2, 0) is 4.74 Å². The van der Waals surface area contributed by atoms with Crippen LogP contribution in [-0.4, -0.2) is 58.9 Å². The van der Waals surface area contributed by atoms with Crippen molar-refractivity contribution in [2.45, 2.75) is 19.8 Å². The second-order valence-electron chi connectivity index (χ2n) is 5.48. The first-order chi connectivity index (χ1) is 10.3. The Labute approximate surface area is 125 Å². The lowest BCUT2D eigenvalue weighted by atomic mass is 10.2. The fourth-order valence-corrected chi connectivity index (χ4v) is 2.67. The van der Waals surface area contributed by atoms with E-state index in [4.69, 9.17) is 4.74 Å². The van der Waals surface area contributed by atoms with Gasteiger partial charge in [0.15, 0.2) is 5.82 Å². The van der Waals surface area contributed by atoms with Gasteiger partial charge in [0.1, 0.15) is 5.52 Å². The molecule has 0 aromatic carbocycles. The first-order valence-electron chi connectivity index (χ1n) is 7.68. The third-order valence-corrected chi connectivity index (χ3v) is 3.81. The maximum Gasteiger partial charge on any atom is 0.152 e. The van der Waals surface area contributed by atoms with E-state index in [1.54, 1.807) is 6.20 Å². The summed E-state index contributed by atoms with van der Waals surface area (Å²) in [7, 11) is 0. The Morgan fingerprint density at radius 1 is 1.29 bits per heavy atom. The van der Waals surface area contributed by atoms with E-state index in [1.807, 2.05) is 17.6 Å². The van der Waals surface area contributed by atoms with Crippen molar-refractivity contribution in [3.63, 3.8) is 0 Å². The zero-order valence-corrected chi connectivity index (χ0v) is 12.6. The number of nitrogens with zero attached hydrogens (tertiary/aromatic N) is 4. The summed E-state index contributed by atoms with van der Waals surface area (Å²) in [4.78, 5) is 6.88. The molecule has 0 unspecified atom stereocenters. The van der Waals surface area contributed by atoms with Crippen molar-refractivity contribution >= 4 is 11.3 Å². The van der Waals surface area contributed by atoms with E-state index in [1.165, 1.54) is 6.42 Å². The summed E-state index contributed by atoms with van der Waals surface area (Å²) < 4.78 is 7.23. The number of aromatic nitrogens is 3. The summed E-state index contributed by atoms with van der Waals surface area (Å²) in [6.07, 6.45) is 6.02. The van der Waals surface area contributed by atoms with Crippen LogP contribution in [0.1, 0.15) is 18.5 Å². The minimum atomic E-state index is 0.880. The standard InChI is InChI=1S/C15H23N5O/c1-13-12-14-15(17-5-7-20(14)18-13)16-4-2-3-6-19-8-10-21-11-9-19/h5,7,12H,2-4,6,8-11H2,1H3,(H,16,17). The highest BCUT2D eigenvalue weighted by Crippen LogP contribution is 2.14. The third-order valence-electron chi connectivity index (χ3n) is 3.81. The Kier molecular flexibility index (Phi) is 4.67. The molecule has 6 heteroatoms. The monoisotopic (exact) mass is 289 g/mol. The van der Waals surface area contributed by atoms with Crippen molar-refractivity contribution in [2.24, 2.45) is 0 Å². The molecule has 0 saturated carbocycles. The van der Waals surface area contributed by atoms with Crippen molar-refractivity contribution in [2.75, 3.05) is 44.7 Å². The highest BCUT2D eigenvalue weighted by Gasteiger charge is 2.09. The van der Waals surface area contributed by atoms with E-state index >= 15 is 0 Å². The molecule has 0 radical (unpaired) electrons. The largest absolute Gasteiger partial charge is 0.379 e. The Morgan fingerprint density at radius 2 is 2.14 bits per heavy atom. The third kappa shape index (κ3) is 3.71. The van der Waals surface area contributed by atoms with E-state index in [-0.39, 0.29) is 0 Å². The summed E-state index contributed by atoms with van der Waals surface area (Å²) in [6.45, 7) is 8.01. The summed E-state index contributed by atoms with van der Waals surface area (Å²) in [5.74, 6) is 0.921. The zero-order valence-electron chi connectivity index (χ0n) is 12.6. The van der Waals surface area contributed by atoms with Gasteiger partial charge in [-0.2, -0.15) is 5.10 Å². The minimum absolute atomic E-state index is 0.880. The summed E-state index contributed by atoms with van der Waals surface area (Å²) in [6, 6.07) is 2.06. The normalized spacial score (nSPS) is 16.4. The van der Waals surface area contributed by atoms with Crippen LogP contribution in [0.5, 0.6) is 0 Å². The topological polar surface area (TPSA) is 54.7 Å². The van der Waals surface area contributed by atoms with Crippen molar-refractivity contribution in [1.29, 1.82) is 0 Å². The van der Waals surface area contributed by atoms with Gasteiger partial charge in [0.25, 0.3) is 0 Å². The Bertz CT molecular complexity index is 576. The lowest BCUT2D eigenvalue weighted by molar-refractivity contribution is 0.0373. The molecule has 0 spiro atoms. The molecule has 0 aliphatic carbocycles. The van der Waals surface area contributed by atoms with Crippen molar-refractivity contribution in [3.8, 4) is 0 Å².